The van der Waals surface area contributed by atoms with Crippen molar-refractivity contribution < 1.29 is 41.8 Å². The molecule has 1 atom stereocenters. The van der Waals surface area contributed by atoms with Gasteiger partial charge in [0, 0.05) is 34.2 Å². The molecule has 1 aliphatic rings. The van der Waals surface area contributed by atoms with Crippen LogP contribution >= 0.6 is 0 Å². The molecular formula is C28H17F3N7O7+. The van der Waals surface area contributed by atoms with E-state index in [4.69, 9.17) is 19.3 Å². The summed E-state index contributed by atoms with van der Waals surface area (Å²) in [7, 11) is 0. The van der Waals surface area contributed by atoms with Crippen molar-refractivity contribution in [1.82, 2.24) is 20.2 Å². The van der Waals surface area contributed by atoms with Gasteiger partial charge in [0.25, 0.3) is 5.89 Å². The highest BCUT2D eigenvalue weighted by Crippen LogP contribution is 2.47. The minimum absolute atomic E-state index is 0.0222. The van der Waals surface area contributed by atoms with Crippen LogP contribution in [0.15, 0.2) is 74.8 Å². The van der Waals surface area contributed by atoms with Gasteiger partial charge in [-0.15, -0.1) is 0 Å². The molecule has 226 valence electrons. The van der Waals surface area contributed by atoms with E-state index in [2.05, 4.69) is 25.3 Å². The number of hydrogen-bond acceptors (Lipinski definition) is 11. The van der Waals surface area contributed by atoms with Crippen LogP contribution in [0, 0.1) is 15.6 Å². The van der Waals surface area contributed by atoms with Crippen LogP contribution in [0.1, 0.15) is 39.4 Å². The smallest absolute Gasteiger partial charge is 0.422 e. The molecule has 0 radical (unpaired) electrons. The Labute approximate surface area is 248 Å². The number of nitrogens with one attached hydrogen (secondary N) is 1. The van der Waals surface area contributed by atoms with Crippen LogP contribution in [0.4, 0.5) is 24.5 Å². The highest BCUT2D eigenvalue weighted by molar-refractivity contribution is 5.93. The third kappa shape index (κ3) is 5.16. The van der Waals surface area contributed by atoms with Crippen LogP contribution in [0.3, 0.4) is 0 Å². The van der Waals surface area contributed by atoms with Crippen molar-refractivity contribution in [3.05, 3.63) is 93.0 Å². The van der Waals surface area contributed by atoms with Crippen LogP contribution in [-0.2, 0) is 6.18 Å². The summed E-state index contributed by atoms with van der Waals surface area (Å²) in [6.45, 7) is 0.0626. The number of nitrogens with zero attached hydrogens (tertiary/aromatic N) is 6. The molecule has 2 aromatic heterocycles. The molecule has 0 saturated carbocycles. The largest absolute Gasteiger partial charge is 0.493 e. The molecule has 2 N–H and O–H groups in total. The number of carboxylic acid groups (broad SMARTS) is 1. The number of nitro benzene ring substituents is 1. The van der Waals surface area contributed by atoms with E-state index < -0.39 is 51.6 Å². The zero-order chi connectivity index (χ0) is 31.9. The third-order valence-corrected chi connectivity index (χ3v) is 7.08. The zero-order valence-electron chi connectivity index (χ0n) is 22.5. The number of fused-ring (bicyclic) bond motifs is 1. The monoisotopic (exact) mass is 620 g/mol. The van der Waals surface area contributed by atoms with Crippen molar-refractivity contribution >= 4 is 17.3 Å². The van der Waals surface area contributed by atoms with Crippen LogP contribution in [0.2, 0.25) is 0 Å². The van der Waals surface area contributed by atoms with Gasteiger partial charge in [-0.05, 0) is 18.6 Å². The van der Waals surface area contributed by atoms with Crippen molar-refractivity contribution in [2.24, 2.45) is 5.11 Å². The number of carbonyl (C=O) groups is 1. The molecule has 0 spiro atoms. The third-order valence-electron chi connectivity index (χ3n) is 7.08. The van der Waals surface area contributed by atoms with E-state index in [9.17, 15) is 33.2 Å². The Morgan fingerprint density at radius 1 is 1.09 bits per heavy atom. The summed E-state index contributed by atoms with van der Waals surface area (Å²) >= 11 is 0. The van der Waals surface area contributed by atoms with E-state index in [1.807, 2.05) is 0 Å². The van der Waals surface area contributed by atoms with Crippen LogP contribution < -0.4 is 9.65 Å². The van der Waals surface area contributed by atoms with Crippen molar-refractivity contribution in [2.45, 2.75) is 18.5 Å². The molecule has 1 aliphatic heterocycles. The second-order valence-corrected chi connectivity index (χ2v) is 9.62. The lowest BCUT2D eigenvalue weighted by Crippen LogP contribution is -2.18. The number of halogens is 3. The maximum atomic E-state index is 14.1. The lowest BCUT2D eigenvalue weighted by atomic mass is 9.82. The number of carboxylic acids is 1. The van der Waals surface area contributed by atoms with Crippen LogP contribution in [-0.4, -0.2) is 37.9 Å². The Bertz CT molecular complexity index is 2020. The quantitative estimate of drug-likeness (QED) is 0.0844. The molecule has 45 heavy (non-hydrogen) atoms. The highest BCUT2D eigenvalue weighted by Gasteiger charge is 2.43. The summed E-state index contributed by atoms with van der Waals surface area (Å²) < 4.78 is 58.4. The fourth-order valence-electron chi connectivity index (χ4n) is 5.19. The molecular weight excluding hydrogens is 603 g/mol. The average Bonchev–Trinajstić information content (AvgIpc) is 3.69. The Morgan fingerprint density at radius 2 is 1.87 bits per heavy atom. The van der Waals surface area contributed by atoms with Crippen LogP contribution in [0.25, 0.3) is 34.3 Å². The summed E-state index contributed by atoms with van der Waals surface area (Å²) in [6.07, 6.45) is -4.67. The first-order valence-electron chi connectivity index (χ1n) is 12.9. The summed E-state index contributed by atoms with van der Waals surface area (Å²) in [5.74, 6) is -3.36. The molecule has 0 saturated heterocycles. The van der Waals surface area contributed by atoms with Crippen molar-refractivity contribution in [1.29, 1.82) is 5.53 Å². The summed E-state index contributed by atoms with van der Waals surface area (Å²) in [4.78, 5) is 30.1. The van der Waals surface area contributed by atoms with Crippen molar-refractivity contribution in [3.63, 3.8) is 0 Å². The van der Waals surface area contributed by atoms with Crippen molar-refractivity contribution in [3.8, 4) is 40.0 Å². The summed E-state index contributed by atoms with van der Waals surface area (Å²) in [5.41, 5.74) is 5.20. The topological polar surface area (TPSA) is 205 Å². The second-order valence-electron chi connectivity index (χ2n) is 9.62. The molecule has 3 aromatic carbocycles. The number of rotatable bonds is 7. The molecule has 0 fully saturated rings. The normalized spacial score (nSPS) is 14.2. The lowest BCUT2D eigenvalue weighted by Gasteiger charge is -2.27. The van der Waals surface area contributed by atoms with Gasteiger partial charge in [0.05, 0.1) is 17.1 Å². The fourth-order valence-corrected chi connectivity index (χ4v) is 5.19. The first-order chi connectivity index (χ1) is 21.6. The molecule has 17 heteroatoms. The van der Waals surface area contributed by atoms with Gasteiger partial charge in [-0.25, -0.2) is 4.79 Å². The average molecular weight is 620 g/mol. The SMILES string of the molecule is N=[N+]=Nc1c([N+](=O)[O-])ccc(C(=O)O)c1C1CCOc2cc(-c3noc(-c4onc(-c5ccccc5)c4C(F)(F)F)n3)ccc21. The van der Waals surface area contributed by atoms with E-state index in [0.29, 0.717) is 5.56 Å². The number of benzene rings is 3. The number of nitro groups is 1. The van der Waals surface area contributed by atoms with Gasteiger partial charge in [-0.2, -0.15) is 18.2 Å². The van der Waals surface area contributed by atoms with E-state index >= 15 is 0 Å². The highest BCUT2D eigenvalue weighted by atomic mass is 19.4. The first kappa shape index (κ1) is 28.9. The standard InChI is InChI=1S/C28H16F3N7O7/c29-28(30,31)21-22(13-4-2-1-3-5-13)35-44-24(21)26-33-25(36-45-26)14-6-7-15-16(10-11-43-19(15)12-14)20-17(27(39)40)8-9-18(38(41)42)23(20)34-37-32/h1-9,12,16,32H,10-11H2/p+1. The van der Waals surface area contributed by atoms with Gasteiger partial charge in [-0.1, -0.05) is 52.8 Å². The van der Waals surface area contributed by atoms with E-state index in [1.54, 1.807) is 24.3 Å². The fraction of sp³-hybridized carbons (Fsp3) is 0.143. The number of ether oxygens (including phenoxy) is 1. The Hall–Kier alpha value is -6.22. The molecule has 6 rings (SSSR count). The number of alkyl halides is 3. The minimum Gasteiger partial charge on any atom is -0.493 e. The Kier molecular flexibility index (Phi) is 7.14. The second kappa shape index (κ2) is 11.1. The molecule has 14 nitrogen and oxygen atoms in total. The Morgan fingerprint density at radius 3 is 2.56 bits per heavy atom. The van der Waals surface area contributed by atoms with E-state index in [0.717, 1.165) is 12.1 Å². The maximum absolute atomic E-state index is 14.1. The van der Waals surface area contributed by atoms with Crippen LogP contribution in [0.5, 0.6) is 5.75 Å². The van der Waals surface area contributed by atoms with Gasteiger partial charge < -0.3 is 18.9 Å². The number of aromatic carboxylic acids is 1. The molecule has 0 amide bonds. The van der Waals surface area contributed by atoms with Crippen molar-refractivity contribution in [2.75, 3.05) is 6.61 Å². The Balaban J connectivity index is 1.41. The lowest BCUT2D eigenvalue weighted by molar-refractivity contribution is -0.384. The summed E-state index contributed by atoms with van der Waals surface area (Å²) in [6, 6.07) is 14.2. The van der Waals surface area contributed by atoms with Gasteiger partial charge in [0.15, 0.2) is 5.11 Å². The summed E-state index contributed by atoms with van der Waals surface area (Å²) in [5, 5.41) is 32.5. The molecule has 1 unspecified atom stereocenters. The number of hydrogen-bond donors (Lipinski definition) is 2. The molecule has 0 bridgehead atoms. The van der Waals surface area contributed by atoms with E-state index in [-0.39, 0.29) is 52.5 Å². The van der Waals surface area contributed by atoms with Gasteiger partial charge >= 0.3 is 17.8 Å². The first-order valence-corrected chi connectivity index (χ1v) is 12.9. The number of aromatic nitrogens is 3. The molecule has 3 heterocycles. The van der Waals surface area contributed by atoms with Gasteiger partial charge in [0.2, 0.25) is 22.2 Å². The van der Waals surface area contributed by atoms with Gasteiger partial charge in [0.1, 0.15) is 22.5 Å². The molecule has 0 aliphatic carbocycles. The zero-order valence-corrected chi connectivity index (χ0v) is 22.5. The maximum Gasteiger partial charge on any atom is 0.422 e. The van der Waals surface area contributed by atoms with E-state index in [1.165, 1.54) is 24.3 Å². The predicted molar refractivity (Wildman–Crippen MR) is 145 cm³/mol. The molecule has 5 aromatic rings. The van der Waals surface area contributed by atoms with Gasteiger partial charge in [-0.3, -0.25) is 10.1 Å². The minimum atomic E-state index is -4.87. The predicted octanol–water partition coefficient (Wildman–Crippen LogP) is 6.78.